The van der Waals surface area contributed by atoms with Crippen LogP contribution >= 0.6 is 11.6 Å². The van der Waals surface area contributed by atoms with Gasteiger partial charge in [0.15, 0.2) is 0 Å². The number of amides is 1. The first kappa shape index (κ1) is 20.8. The number of carbonyl (C=O) groups excluding carboxylic acids is 1. The van der Waals surface area contributed by atoms with Crippen LogP contribution in [0.15, 0.2) is 53.4 Å². The van der Waals surface area contributed by atoms with Gasteiger partial charge in [-0.1, -0.05) is 37.1 Å². The molecule has 1 heterocycles. The molecule has 1 amide bonds. The van der Waals surface area contributed by atoms with Crippen LogP contribution in [0.3, 0.4) is 0 Å². The standard InChI is InChI=1S/C21H25ClN2O3S/c1-2-3-5-16-7-11-18(12-8-16)23-21(25)20-6-4-15-24(20)28(26,27)19-13-9-17(22)10-14-19/h7-14,20H,2-6,15H2,1H3,(H,23,25)/t20-/m1/s1. The number of benzene rings is 2. The van der Waals surface area contributed by atoms with Gasteiger partial charge >= 0.3 is 0 Å². The summed E-state index contributed by atoms with van der Waals surface area (Å²) in [5.74, 6) is -0.295. The van der Waals surface area contributed by atoms with Gasteiger partial charge in [-0.2, -0.15) is 4.31 Å². The van der Waals surface area contributed by atoms with Crippen molar-refractivity contribution in [2.24, 2.45) is 0 Å². The lowest BCUT2D eigenvalue weighted by atomic mass is 10.1. The second kappa shape index (κ2) is 9.07. The summed E-state index contributed by atoms with van der Waals surface area (Å²) in [5.41, 5.74) is 1.91. The first-order chi connectivity index (χ1) is 13.4. The van der Waals surface area contributed by atoms with Crippen LogP contribution in [0.25, 0.3) is 0 Å². The molecule has 0 bridgehead atoms. The SMILES string of the molecule is CCCCc1ccc(NC(=O)[C@H]2CCCN2S(=O)(=O)c2ccc(Cl)cc2)cc1. The van der Waals surface area contributed by atoms with E-state index in [-0.39, 0.29) is 10.8 Å². The van der Waals surface area contributed by atoms with Crippen LogP contribution in [-0.4, -0.2) is 31.2 Å². The van der Waals surface area contributed by atoms with Crippen LogP contribution in [0.5, 0.6) is 0 Å². The van der Waals surface area contributed by atoms with Crippen molar-refractivity contribution in [2.75, 3.05) is 11.9 Å². The van der Waals surface area contributed by atoms with E-state index in [9.17, 15) is 13.2 Å². The Bertz CT molecular complexity index is 912. The van der Waals surface area contributed by atoms with Crippen molar-refractivity contribution in [3.8, 4) is 0 Å². The molecule has 0 saturated carbocycles. The maximum atomic E-state index is 13.0. The first-order valence-corrected chi connectivity index (χ1v) is 11.4. The molecule has 0 unspecified atom stereocenters. The summed E-state index contributed by atoms with van der Waals surface area (Å²) in [6.45, 7) is 2.49. The summed E-state index contributed by atoms with van der Waals surface area (Å²) < 4.78 is 27.2. The average Bonchev–Trinajstić information content (AvgIpc) is 3.19. The molecular formula is C21H25ClN2O3S. The van der Waals surface area contributed by atoms with Crippen LogP contribution in [-0.2, 0) is 21.2 Å². The average molecular weight is 421 g/mol. The van der Waals surface area contributed by atoms with E-state index < -0.39 is 16.1 Å². The summed E-state index contributed by atoms with van der Waals surface area (Å²) in [7, 11) is -3.75. The molecule has 1 aliphatic rings. The van der Waals surface area contributed by atoms with Crippen LogP contribution in [0, 0.1) is 0 Å². The maximum absolute atomic E-state index is 13.0. The highest BCUT2D eigenvalue weighted by Gasteiger charge is 2.39. The van der Waals surface area contributed by atoms with E-state index in [0.717, 1.165) is 19.3 Å². The summed E-state index contributed by atoms with van der Waals surface area (Å²) in [5, 5.41) is 3.33. The Kier molecular flexibility index (Phi) is 6.75. The zero-order valence-electron chi connectivity index (χ0n) is 15.9. The molecular weight excluding hydrogens is 396 g/mol. The number of rotatable bonds is 7. The third kappa shape index (κ3) is 4.74. The smallest absolute Gasteiger partial charge is 0.243 e. The molecule has 2 aromatic rings. The second-order valence-electron chi connectivity index (χ2n) is 7.02. The maximum Gasteiger partial charge on any atom is 0.243 e. The van der Waals surface area contributed by atoms with Gasteiger partial charge in [-0.25, -0.2) is 8.42 Å². The lowest BCUT2D eigenvalue weighted by Gasteiger charge is -2.23. The van der Waals surface area contributed by atoms with Crippen LogP contribution in [0.2, 0.25) is 5.02 Å². The Balaban J connectivity index is 1.71. The molecule has 1 fully saturated rings. The number of hydrogen-bond donors (Lipinski definition) is 1. The monoisotopic (exact) mass is 420 g/mol. The third-order valence-corrected chi connectivity index (χ3v) is 7.14. The number of sulfonamides is 1. The topological polar surface area (TPSA) is 66.5 Å². The third-order valence-electron chi connectivity index (χ3n) is 4.97. The number of nitrogens with one attached hydrogen (secondary N) is 1. The normalized spacial score (nSPS) is 17.6. The van der Waals surface area contributed by atoms with Crippen molar-refractivity contribution in [3.63, 3.8) is 0 Å². The van der Waals surface area contributed by atoms with Crippen LogP contribution in [0.1, 0.15) is 38.2 Å². The van der Waals surface area contributed by atoms with Crippen molar-refractivity contribution < 1.29 is 13.2 Å². The minimum Gasteiger partial charge on any atom is -0.325 e. The molecule has 150 valence electrons. The highest BCUT2D eigenvalue weighted by atomic mass is 35.5. The molecule has 1 saturated heterocycles. The fourth-order valence-corrected chi connectivity index (χ4v) is 5.18. The number of halogens is 1. The van der Waals surface area contributed by atoms with Gasteiger partial charge in [-0.15, -0.1) is 0 Å². The van der Waals surface area contributed by atoms with Crippen molar-refractivity contribution in [2.45, 2.75) is 50.0 Å². The zero-order chi connectivity index (χ0) is 20.1. The Morgan fingerprint density at radius 2 is 1.82 bits per heavy atom. The van der Waals surface area contributed by atoms with E-state index in [2.05, 4.69) is 12.2 Å². The summed E-state index contributed by atoms with van der Waals surface area (Å²) in [6.07, 6.45) is 4.44. The Labute approximate surface area is 171 Å². The molecule has 1 N–H and O–H groups in total. The Hall–Kier alpha value is -1.89. The van der Waals surface area contributed by atoms with E-state index in [4.69, 9.17) is 11.6 Å². The second-order valence-corrected chi connectivity index (χ2v) is 9.34. The summed E-state index contributed by atoms with van der Waals surface area (Å²) >= 11 is 5.86. The quantitative estimate of drug-likeness (QED) is 0.718. The molecule has 1 atom stereocenters. The van der Waals surface area contributed by atoms with Gasteiger partial charge in [0.2, 0.25) is 15.9 Å². The van der Waals surface area contributed by atoms with E-state index in [0.29, 0.717) is 30.1 Å². The van der Waals surface area contributed by atoms with E-state index in [1.54, 1.807) is 12.1 Å². The minimum absolute atomic E-state index is 0.150. The molecule has 0 aliphatic carbocycles. The molecule has 5 nitrogen and oxygen atoms in total. The molecule has 0 spiro atoms. The highest BCUT2D eigenvalue weighted by Crippen LogP contribution is 2.27. The lowest BCUT2D eigenvalue weighted by molar-refractivity contribution is -0.119. The van der Waals surface area contributed by atoms with Gasteiger partial charge in [0.25, 0.3) is 0 Å². The molecule has 0 aromatic heterocycles. The van der Waals surface area contributed by atoms with Gasteiger partial charge in [-0.3, -0.25) is 4.79 Å². The number of anilines is 1. The fraction of sp³-hybridized carbons (Fsp3) is 0.381. The summed E-state index contributed by atoms with van der Waals surface area (Å²) in [6, 6.07) is 13.1. The predicted molar refractivity (Wildman–Crippen MR) is 112 cm³/mol. The first-order valence-electron chi connectivity index (χ1n) is 9.59. The van der Waals surface area contributed by atoms with Gasteiger partial charge in [0.05, 0.1) is 4.90 Å². The zero-order valence-corrected chi connectivity index (χ0v) is 17.5. The fourth-order valence-electron chi connectivity index (χ4n) is 3.39. The van der Waals surface area contributed by atoms with Crippen molar-refractivity contribution in [3.05, 3.63) is 59.1 Å². The van der Waals surface area contributed by atoms with Gasteiger partial charge < -0.3 is 5.32 Å². The highest BCUT2D eigenvalue weighted by molar-refractivity contribution is 7.89. The van der Waals surface area contributed by atoms with Crippen molar-refractivity contribution in [1.29, 1.82) is 0 Å². The molecule has 1 aliphatic heterocycles. The van der Waals surface area contributed by atoms with E-state index >= 15 is 0 Å². The lowest BCUT2D eigenvalue weighted by Crippen LogP contribution is -2.43. The number of aryl methyl sites for hydroxylation is 1. The molecule has 7 heteroatoms. The predicted octanol–water partition coefficient (Wildman–Crippen LogP) is 4.47. The largest absolute Gasteiger partial charge is 0.325 e. The van der Waals surface area contributed by atoms with Crippen LogP contribution < -0.4 is 5.32 Å². The number of carbonyl (C=O) groups is 1. The Morgan fingerprint density at radius 1 is 1.14 bits per heavy atom. The Morgan fingerprint density at radius 3 is 2.46 bits per heavy atom. The van der Waals surface area contributed by atoms with Gasteiger partial charge in [0, 0.05) is 17.3 Å². The van der Waals surface area contributed by atoms with Crippen LogP contribution in [0.4, 0.5) is 5.69 Å². The minimum atomic E-state index is -3.75. The van der Waals surface area contributed by atoms with E-state index in [1.807, 2.05) is 24.3 Å². The van der Waals surface area contributed by atoms with Crippen molar-refractivity contribution >= 4 is 33.2 Å². The van der Waals surface area contributed by atoms with Gasteiger partial charge in [-0.05, 0) is 67.6 Å². The number of unbranched alkanes of at least 4 members (excludes halogenated alkanes) is 1. The molecule has 2 aromatic carbocycles. The van der Waals surface area contributed by atoms with E-state index in [1.165, 1.54) is 22.0 Å². The summed E-state index contributed by atoms with van der Waals surface area (Å²) in [4.78, 5) is 12.9. The van der Waals surface area contributed by atoms with Crippen molar-refractivity contribution in [1.82, 2.24) is 4.31 Å². The van der Waals surface area contributed by atoms with Gasteiger partial charge in [0.1, 0.15) is 6.04 Å². The number of hydrogen-bond acceptors (Lipinski definition) is 3. The number of nitrogens with zero attached hydrogens (tertiary/aromatic N) is 1. The molecule has 3 rings (SSSR count). The molecule has 28 heavy (non-hydrogen) atoms. The molecule has 0 radical (unpaired) electrons.